The summed E-state index contributed by atoms with van der Waals surface area (Å²) in [6.45, 7) is 0.814. The van der Waals surface area contributed by atoms with E-state index in [0.717, 1.165) is 17.8 Å². The van der Waals surface area contributed by atoms with Crippen LogP contribution in [-0.2, 0) is 6.54 Å². The molecule has 2 aromatic heterocycles. The maximum Gasteiger partial charge on any atom is 0.0948 e. The number of hydrogen-bond acceptors (Lipinski definition) is 2. The molecule has 88 valence electrons. The highest BCUT2D eigenvalue weighted by atomic mass is 15.0. The Morgan fingerprint density at radius 1 is 1.11 bits per heavy atom. The summed E-state index contributed by atoms with van der Waals surface area (Å²) >= 11 is 0. The van der Waals surface area contributed by atoms with Gasteiger partial charge >= 0.3 is 0 Å². The predicted molar refractivity (Wildman–Crippen MR) is 73.0 cm³/mol. The molecule has 3 aromatic rings. The van der Waals surface area contributed by atoms with Crippen molar-refractivity contribution in [3.63, 3.8) is 0 Å². The minimum atomic E-state index is 0.814. The van der Waals surface area contributed by atoms with Crippen molar-refractivity contribution in [2.24, 2.45) is 0 Å². The average molecular weight is 235 g/mol. The number of nitrogens with zero attached hydrogens (tertiary/aromatic N) is 3. The zero-order chi connectivity index (χ0) is 12.2. The Kier molecular flexibility index (Phi) is 2.88. The summed E-state index contributed by atoms with van der Waals surface area (Å²) in [5.41, 5.74) is 2.01. The molecule has 0 unspecified atom stereocenters. The lowest BCUT2D eigenvalue weighted by molar-refractivity contribution is 0.823. The Balaban J connectivity index is 1.80. The summed E-state index contributed by atoms with van der Waals surface area (Å²) in [5.74, 6) is 0. The van der Waals surface area contributed by atoms with Gasteiger partial charge in [0.1, 0.15) is 0 Å². The molecular formula is C15H13N3. The molecule has 3 rings (SSSR count). The Hall–Kier alpha value is -2.42. The molecule has 0 N–H and O–H groups in total. The highest BCUT2D eigenvalue weighted by Crippen LogP contribution is 2.12. The zero-order valence-electron chi connectivity index (χ0n) is 9.90. The van der Waals surface area contributed by atoms with Gasteiger partial charge in [-0.3, -0.25) is 0 Å². The maximum atomic E-state index is 4.58. The van der Waals surface area contributed by atoms with Crippen molar-refractivity contribution in [1.29, 1.82) is 0 Å². The number of hydrogen-bond donors (Lipinski definition) is 0. The summed E-state index contributed by atoms with van der Waals surface area (Å²) in [5, 5.41) is 1.17. The van der Waals surface area contributed by atoms with Gasteiger partial charge in [0.2, 0.25) is 0 Å². The summed E-state index contributed by atoms with van der Waals surface area (Å²) in [7, 11) is 0. The van der Waals surface area contributed by atoms with Crippen molar-refractivity contribution in [3.8, 4) is 0 Å². The van der Waals surface area contributed by atoms with Crippen LogP contribution in [-0.4, -0.2) is 14.5 Å². The number of imidazole rings is 1. The van der Waals surface area contributed by atoms with E-state index in [4.69, 9.17) is 0 Å². The molecule has 0 spiro atoms. The second kappa shape index (κ2) is 4.84. The largest absolute Gasteiger partial charge is 0.334 e. The van der Waals surface area contributed by atoms with Crippen molar-refractivity contribution in [2.75, 3.05) is 0 Å². The van der Waals surface area contributed by atoms with E-state index in [1.165, 1.54) is 5.39 Å². The standard InChI is InChI=1S/C15H13N3/c1-2-6-15-13(4-1)7-8-14(17-15)5-3-10-18-11-9-16-12-18/h1-9,11-12H,10H2. The lowest BCUT2D eigenvalue weighted by Gasteiger charge is -1.98. The van der Waals surface area contributed by atoms with Gasteiger partial charge in [0.15, 0.2) is 0 Å². The molecule has 0 amide bonds. The smallest absolute Gasteiger partial charge is 0.0948 e. The molecule has 0 atom stereocenters. The quantitative estimate of drug-likeness (QED) is 0.698. The van der Waals surface area contributed by atoms with E-state index in [0.29, 0.717) is 0 Å². The fourth-order valence-electron chi connectivity index (χ4n) is 1.86. The van der Waals surface area contributed by atoms with Crippen LogP contribution in [0.4, 0.5) is 0 Å². The number of para-hydroxylation sites is 1. The van der Waals surface area contributed by atoms with Crippen LogP contribution < -0.4 is 0 Å². The van der Waals surface area contributed by atoms with Crippen LogP contribution >= 0.6 is 0 Å². The third kappa shape index (κ3) is 2.30. The second-order valence-corrected chi connectivity index (χ2v) is 4.09. The Morgan fingerprint density at radius 3 is 2.94 bits per heavy atom. The maximum absolute atomic E-state index is 4.58. The lowest BCUT2D eigenvalue weighted by Crippen LogP contribution is -1.90. The lowest BCUT2D eigenvalue weighted by atomic mass is 10.2. The van der Waals surface area contributed by atoms with Gasteiger partial charge in [0.25, 0.3) is 0 Å². The Morgan fingerprint density at radius 2 is 2.06 bits per heavy atom. The Bertz CT molecular complexity index is 669. The number of pyridine rings is 1. The van der Waals surface area contributed by atoms with E-state index in [1.807, 2.05) is 41.1 Å². The van der Waals surface area contributed by atoms with Crippen molar-refractivity contribution in [1.82, 2.24) is 14.5 Å². The van der Waals surface area contributed by atoms with Crippen LogP contribution in [0, 0.1) is 0 Å². The third-order valence-corrected chi connectivity index (χ3v) is 2.78. The molecule has 2 heterocycles. The molecule has 1 aromatic carbocycles. The fourth-order valence-corrected chi connectivity index (χ4v) is 1.86. The predicted octanol–water partition coefficient (Wildman–Crippen LogP) is 3.14. The van der Waals surface area contributed by atoms with Crippen LogP contribution in [0.1, 0.15) is 5.69 Å². The molecule has 3 nitrogen and oxygen atoms in total. The van der Waals surface area contributed by atoms with Gasteiger partial charge in [-0.05, 0) is 18.2 Å². The summed E-state index contributed by atoms with van der Waals surface area (Å²) in [6, 6.07) is 12.3. The van der Waals surface area contributed by atoms with Gasteiger partial charge in [0, 0.05) is 24.3 Å². The van der Waals surface area contributed by atoms with Crippen LogP contribution in [0.15, 0.2) is 61.2 Å². The highest BCUT2D eigenvalue weighted by Gasteiger charge is 1.94. The first-order valence-electron chi connectivity index (χ1n) is 5.90. The van der Waals surface area contributed by atoms with Gasteiger partial charge in [-0.2, -0.15) is 0 Å². The fraction of sp³-hybridized carbons (Fsp3) is 0.0667. The van der Waals surface area contributed by atoms with E-state index in [2.05, 4.69) is 28.2 Å². The number of aromatic nitrogens is 3. The SMILES string of the molecule is C(=Cc1ccc2ccccc2n1)Cn1ccnc1. The number of fused-ring (bicyclic) bond motifs is 1. The van der Waals surface area contributed by atoms with Crippen LogP contribution in [0.2, 0.25) is 0 Å². The zero-order valence-corrected chi connectivity index (χ0v) is 9.90. The third-order valence-electron chi connectivity index (χ3n) is 2.78. The van der Waals surface area contributed by atoms with E-state index in [1.54, 1.807) is 12.5 Å². The minimum Gasteiger partial charge on any atom is -0.334 e. The summed E-state index contributed by atoms with van der Waals surface area (Å²) in [6.07, 6.45) is 9.64. The second-order valence-electron chi connectivity index (χ2n) is 4.09. The number of benzene rings is 1. The summed E-state index contributed by atoms with van der Waals surface area (Å²) < 4.78 is 2.01. The molecule has 0 saturated heterocycles. The highest BCUT2D eigenvalue weighted by molar-refractivity contribution is 5.79. The van der Waals surface area contributed by atoms with Crippen molar-refractivity contribution in [3.05, 3.63) is 66.9 Å². The molecule has 0 saturated carbocycles. The van der Waals surface area contributed by atoms with Crippen molar-refractivity contribution in [2.45, 2.75) is 6.54 Å². The van der Waals surface area contributed by atoms with Gasteiger partial charge < -0.3 is 4.57 Å². The molecule has 0 fully saturated rings. The van der Waals surface area contributed by atoms with Crippen LogP contribution in [0.5, 0.6) is 0 Å². The molecule has 3 heteroatoms. The van der Waals surface area contributed by atoms with Crippen molar-refractivity contribution < 1.29 is 0 Å². The van der Waals surface area contributed by atoms with Gasteiger partial charge in [-0.25, -0.2) is 9.97 Å². The number of rotatable bonds is 3. The molecule has 0 aliphatic heterocycles. The first-order valence-corrected chi connectivity index (χ1v) is 5.90. The van der Waals surface area contributed by atoms with Crippen LogP contribution in [0.3, 0.4) is 0 Å². The van der Waals surface area contributed by atoms with E-state index < -0.39 is 0 Å². The van der Waals surface area contributed by atoms with Gasteiger partial charge in [-0.1, -0.05) is 30.3 Å². The first kappa shape index (κ1) is 10.7. The molecule has 0 aliphatic rings. The molecule has 0 radical (unpaired) electrons. The number of allylic oxidation sites excluding steroid dienone is 1. The Labute approximate surface area is 105 Å². The van der Waals surface area contributed by atoms with Gasteiger partial charge in [-0.15, -0.1) is 0 Å². The normalized spacial score (nSPS) is 11.3. The molecule has 18 heavy (non-hydrogen) atoms. The average Bonchev–Trinajstić information content (AvgIpc) is 2.92. The van der Waals surface area contributed by atoms with Crippen LogP contribution in [0.25, 0.3) is 17.0 Å². The van der Waals surface area contributed by atoms with E-state index in [9.17, 15) is 0 Å². The monoisotopic (exact) mass is 235 g/mol. The first-order chi connectivity index (χ1) is 8.92. The van der Waals surface area contributed by atoms with Gasteiger partial charge in [0.05, 0.1) is 17.5 Å². The molecule has 0 aliphatic carbocycles. The summed E-state index contributed by atoms with van der Waals surface area (Å²) in [4.78, 5) is 8.58. The van der Waals surface area contributed by atoms with E-state index >= 15 is 0 Å². The minimum absolute atomic E-state index is 0.814. The van der Waals surface area contributed by atoms with E-state index in [-0.39, 0.29) is 0 Å². The molecule has 0 bridgehead atoms. The van der Waals surface area contributed by atoms with Crippen molar-refractivity contribution >= 4 is 17.0 Å². The molecular weight excluding hydrogens is 222 g/mol. The topological polar surface area (TPSA) is 30.7 Å².